The Hall–Kier alpha value is -2.75. The van der Waals surface area contributed by atoms with Crippen molar-refractivity contribution < 1.29 is 14.7 Å². The zero-order chi connectivity index (χ0) is 20.2. The number of nitrogens with zero attached hydrogens (tertiary/aromatic N) is 4. The molecule has 2 amide bonds. The van der Waals surface area contributed by atoms with Gasteiger partial charge in [-0.2, -0.15) is 0 Å². The van der Waals surface area contributed by atoms with Gasteiger partial charge in [-0.15, -0.1) is 0 Å². The van der Waals surface area contributed by atoms with Crippen LogP contribution in [-0.2, 0) is 11.3 Å². The van der Waals surface area contributed by atoms with E-state index in [1.54, 1.807) is 18.3 Å². The van der Waals surface area contributed by atoms with Crippen LogP contribution in [0.5, 0.6) is 0 Å². The Labute approximate surface area is 172 Å². The minimum atomic E-state index is -0.407. The maximum absolute atomic E-state index is 11.7. The molecule has 2 aliphatic heterocycles. The van der Waals surface area contributed by atoms with Crippen LogP contribution in [0.25, 0.3) is 6.08 Å². The van der Waals surface area contributed by atoms with Crippen LogP contribution >= 0.6 is 11.8 Å². The molecule has 0 aliphatic carbocycles. The molecular formula is C20H21N5O3S. The Balaban J connectivity index is 1.46. The van der Waals surface area contributed by atoms with Crippen LogP contribution in [-0.4, -0.2) is 63.4 Å². The zero-order valence-corrected chi connectivity index (χ0v) is 16.5. The summed E-state index contributed by atoms with van der Waals surface area (Å²) in [6, 6.07) is 11.9. The third kappa shape index (κ3) is 4.64. The summed E-state index contributed by atoms with van der Waals surface area (Å²) in [6.07, 6.45) is 3.23. The highest BCUT2D eigenvalue weighted by Gasteiger charge is 2.28. The maximum atomic E-state index is 11.7. The van der Waals surface area contributed by atoms with Gasteiger partial charge in [-0.25, -0.2) is 9.97 Å². The number of anilines is 1. The van der Waals surface area contributed by atoms with Gasteiger partial charge in [0.2, 0.25) is 5.95 Å². The highest BCUT2D eigenvalue weighted by atomic mass is 32.2. The van der Waals surface area contributed by atoms with Gasteiger partial charge in [-0.1, -0.05) is 30.3 Å². The van der Waals surface area contributed by atoms with E-state index in [0.717, 1.165) is 31.4 Å². The van der Waals surface area contributed by atoms with Crippen molar-refractivity contribution in [3.63, 3.8) is 0 Å². The number of carbonyl (C=O) groups excluding carboxylic acids is 2. The SMILES string of the molecule is O=C1NC(=O)/C(=C/c2ccnc(N3CCN(Cc4ccccc4)C(CO)C3)n2)S1. The number of thioether (sulfide) groups is 1. The van der Waals surface area contributed by atoms with Crippen LogP contribution in [0.15, 0.2) is 47.5 Å². The first kappa shape index (κ1) is 19.6. The third-order valence-corrected chi connectivity index (χ3v) is 5.72. The van der Waals surface area contributed by atoms with E-state index in [-0.39, 0.29) is 17.9 Å². The van der Waals surface area contributed by atoms with Crippen molar-refractivity contribution in [3.8, 4) is 0 Å². The second kappa shape index (κ2) is 8.73. The number of aliphatic hydroxyl groups is 1. The molecule has 0 saturated carbocycles. The average molecular weight is 411 g/mol. The molecule has 1 aromatic heterocycles. The summed E-state index contributed by atoms with van der Waals surface area (Å²) in [4.78, 5) is 36.6. The predicted molar refractivity (Wildman–Crippen MR) is 111 cm³/mol. The van der Waals surface area contributed by atoms with Crippen LogP contribution in [0.1, 0.15) is 11.3 Å². The Morgan fingerprint density at radius 2 is 2.03 bits per heavy atom. The summed E-state index contributed by atoms with van der Waals surface area (Å²) in [5.74, 6) is 0.141. The fourth-order valence-electron chi connectivity index (χ4n) is 3.42. The van der Waals surface area contributed by atoms with E-state index < -0.39 is 5.91 Å². The number of nitrogens with one attached hydrogen (secondary N) is 1. The van der Waals surface area contributed by atoms with Crippen LogP contribution in [0.3, 0.4) is 0 Å². The number of hydrogen-bond donors (Lipinski definition) is 2. The molecule has 4 rings (SSSR count). The van der Waals surface area contributed by atoms with Crippen LogP contribution in [0.2, 0.25) is 0 Å². The molecule has 2 aromatic rings. The van der Waals surface area contributed by atoms with Gasteiger partial charge < -0.3 is 10.0 Å². The van der Waals surface area contributed by atoms with E-state index in [0.29, 0.717) is 23.1 Å². The number of amides is 2. The van der Waals surface area contributed by atoms with Crippen molar-refractivity contribution in [1.82, 2.24) is 20.2 Å². The van der Waals surface area contributed by atoms with Gasteiger partial charge >= 0.3 is 0 Å². The second-order valence-electron chi connectivity index (χ2n) is 6.87. The molecule has 1 unspecified atom stereocenters. The summed E-state index contributed by atoms with van der Waals surface area (Å²) in [5, 5.41) is 11.8. The molecule has 9 heteroatoms. The fraction of sp³-hybridized carbons (Fsp3) is 0.300. The molecular weight excluding hydrogens is 390 g/mol. The van der Waals surface area contributed by atoms with E-state index in [1.165, 1.54) is 5.56 Å². The van der Waals surface area contributed by atoms with Crippen LogP contribution in [0, 0.1) is 0 Å². The van der Waals surface area contributed by atoms with E-state index in [2.05, 4.69) is 32.3 Å². The number of piperazine rings is 1. The maximum Gasteiger partial charge on any atom is 0.290 e. The van der Waals surface area contributed by atoms with Crippen LogP contribution < -0.4 is 10.2 Å². The molecule has 3 heterocycles. The minimum Gasteiger partial charge on any atom is -0.395 e. The predicted octanol–water partition coefficient (Wildman–Crippen LogP) is 1.48. The molecule has 29 heavy (non-hydrogen) atoms. The van der Waals surface area contributed by atoms with Crippen molar-refractivity contribution in [2.45, 2.75) is 12.6 Å². The minimum absolute atomic E-state index is 0.0247. The van der Waals surface area contributed by atoms with Gasteiger partial charge in [0.25, 0.3) is 11.1 Å². The molecule has 2 fully saturated rings. The van der Waals surface area contributed by atoms with Gasteiger partial charge in [0.05, 0.1) is 23.2 Å². The number of aromatic nitrogens is 2. The van der Waals surface area contributed by atoms with Crippen molar-refractivity contribution in [2.24, 2.45) is 0 Å². The Kier molecular flexibility index (Phi) is 5.89. The zero-order valence-electron chi connectivity index (χ0n) is 15.7. The topological polar surface area (TPSA) is 98.7 Å². The van der Waals surface area contributed by atoms with Gasteiger partial charge in [-0.3, -0.25) is 19.8 Å². The number of benzene rings is 1. The van der Waals surface area contributed by atoms with E-state index >= 15 is 0 Å². The normalized spacial score (nSPS) is 21.6. The Morgan fingerprint density at radius 1 is 1.21 bits per heavy atom. The lowest BCUT2D eigenvalue weighted by atomic mass is 10.1. The number of hydrogen-bond acceptors (Lipinski definition) is 8. The summed E-state index contributed by atoms with van der Waals surface area (Å²) in [7, 11) is 0. The highest BCUT2D eigenvalue weighted by Crippen LogP contribution is 2.25. The van der Waals surface area contributed by atoms with Gasteiger partial charge in [0.15, 0.2) is 0 Å². The quantitative estimate of drug-likeness (QED) is 0.714. The van der Waals surface area contributed by atoms with Crippen LogP contribution in [0.4, 0.5) is 10.7 Å². The first-order chi connectivity index (χ1) is 14.1. The summed E-state index contributed by atoms with van der Waals surface area (Å²) in [6.45, 7) is 2.95. The highest BCUT2D eigenvalue weighted by molar-refractivity contribution is 8.18. The van der Waals surface area contributed by atoms with Crippen molar-refractivity contribution in [3.05, 3.63) is 58.8 Å². The van der Waals surface area contributed by atoms with Gasteiger partial charge in [0.1, 0.15) is 0 Å². The lowest BCUT2D eigenvalue weighted by molar-refractivity contribution is -0.115. The number of rotatable bonds is 5. The van der Waals surface area contributed by atoms with Crippen molar-refractivity contribution in [1.29, 1.82) is 0 Å². The molecule has 2 aliphatic rings. The number of aliphatic hydroxyl groups excluding tert-OH is 1. The van der Waals surface area contributed by atoms with Crippen molar-refractivity contribution >= 4 is 34.9 Å². The second-order valence-corrected chi connectivity index (χ2v) is 7.89. The monoisotopic (exact) mass is 411 g/mol. The first-order valence-corrected chi connectivity index (χ1v) is 10.2. The molecule has 2 saturated heterocycles. The molecule has 1 atom stereocenters. The first-order valence-electron chi connectivity index (χ1n) is 9.34. The Bertz CT molecular complexity index is 937. The molecule has 0 radical (unpaired) electrons. The van der Waals surface area contributed by atoms with Crippen molar-refractivity contribution in [2.75, 3.05) is 31.1 Å². The molecule has 0 bridgehead atoms. The summed E-state index contributed by atoms with van der Waals surface area (Å²) < 4.78 is 0. The lowest BCUT2D eigenvalue weighted by Crippen LogP contribution is -2.54. The lowest BCUT2D eigenvalue weighted by Gasteiger charge is -2.40. The number of carbonyl (C=O) groups is 2. The molecule has 150 valence electrons. The van der Waals surface area contributed by atoms with E-state index in [4.69, 9.17) is 0 Å². The summed E-state index contributed by atoms with van der Waals surface area (Å²) >= 11 is 0.863. The van der Waals surface area contributed by atoms with E-state index in [9.17, 15) is 14.7 Å². The third-order valence-electron chi connectivity index (χ3n) is 4.91. The van der Waals surface area contributed by atoms with Gasteiger partial charge in [-0.05, 0) is 29.5 Å². The molecule has 2 N–H and O–H groups in total. The molecule has 0 spiro atoms. The fourth-order valence-corrected chi connectivity index (χ4v) is 4.09. The summed E-state index contributed by atoms with van der Waals surface area (Å²) in [5.41, 5.74) is 1.78. The Morgan fingerprint density at radius 3 is 2.76 bits per heavy atom. The largest absolute Gasteiger partial charge is 0.395 e. The standard InChI is InChI=1S/C20H21N5O3S/c26-13-16-12-25(9-8-24(16)11-14-4-2-1-3-5-14)19-21-7-6-15(22-19)10-17-18(27)23-20(28)29-17/h1-7,10,16,26H,8-9,11-13H2,(H,23,27,28)/b17-10-. The smallest absolute Gasteiger partial charge is 0.290 e. The molecule has 8 nitrogen and oxygen atoms in total. The molecule has 1 aromatic carbocycles. The van der Waals surface area contributed by atoms with E-state index in [1.807, 2.05) is 23.1 Å². The number of imide groups is 1. The average Bonchev–Trinajstić information content (AvgIpc) is 3.06. The van der Waals surface area contributed by atoms with Gasteiger partial charge in [0, 0.05) is 32.4 Å².